The molecule has 1 aromatic heterocycles. The number of morpholine rings is 1. The van der Waals surface area contributed by atoms with Crippen molar-refractivity contribution in [2.24, 2.45) is 0 Å². The van der Waals surface area contributed by atoms with Gasteiger partial charge >= 0.3 is 0 Å². The number of rotatable bonds is 3. The fourth-order valence-electron chi connectivity index (χ4n) is 1.87. The minimum Gasteiger partial charge on any atom is -0.394 e. The van der Waals surface area contributed by atoms with Crippen LogP contribution in [0.15, 0.2) is 16.3 Å². The van der Waals surface area contributed by atoms with E-state index in [2.05, 4.69) is 0 Å². The predicted octanol–water partition coefficient (Wildman–Crippen LogP) is 0.390. The number of aliphatic hydroxyl groups excluding tert-OH is 1. The first kappa shape index (κ1) is 14.4. The van der Waals surface area contributed by atoms with Gasteiger partial charge in [0.15, 0.2) is 0 Å². The highest BCUT2D eigenvalue weighted by molar-refractivity contribution is 7.91. The SMILES string of the molecule is CC1COC(CO)CN1S(=O)(=O)c1ccc(C#N)s1. The molecular formula is C11H14N2O4S2. The fourth-order valence-corrected chi connectivity index (χ4v) is 4.75. The third-order valence-electron chi connectivity index (χ3n) is 2.91. The molecule has 0 aliphatic carbocycles. The highest BCUT2D eigenvalue weighted by atomic mass is 32.2. The Balaban J connectivity index is 2.30. The van der Waals surface area contributed by atoms with Gasteiger partial charge in [0, 0.05) is 12.6 Å². The van der Waals surface area contributed by atoms with Gasteiger partial charge in [-0.25, -0.2) is 8.42 Å². The van der Waals surface area contributed by atoms with Crippen molar-refractivity contribution in [1.82, 2.24) is 4.31 Å². The monoisotopic (exact) mass is 302 g/mol. The van der Waals surface area contributed by atoms with Crippen LogP contribution in [0.4, 0.5) is 0 Å². The summed E-state index contributed by atoms with van der Waals surface area (Å²) in [4.78, 5) is 0.359. The quantitative estimate of drug-likeness (QED) is 0.872. The van der Waals surface area contributed by atoms with E-state index >= 15 is 0 Å². The average Bonchev–Trinajstić information content (AvgIpc) is 2.88. The van der Waals surface area contributed by atoms with Gasteiger partial charge < -0.3 is 9.84 Å². The molecule has 2 atom stereocenters. The third kappa shape index (κ3) is 2.80. The van der Waals surface area contributed by atoms with Crippen LogP contribution in [-0.4, -0.2) is 49.7 Å². The molecule has 0 radical (unpaired) electrons. The van der Waals surface area contributed by atoms with Gasteiger partial charge in [0.25, 0.3) is 10.0 Å². The molecule has 0 spiro atoms. The van der Waals surface area contributed by atoms with Crippen molar-refractivity contribution in [2.75, 3.05) is 19.8 Å². The Labute approximate surface area is 115 Å². The highest BCUT2D eigenvalue weighted by Crippen LogP contribution is 2.27. The fraction of sp³-hybridized carbons (Fsp3) is 0.545. The van der Waals surface area contributed by atoms with Crippen molar-refractivity contribution in [1.29, 1.82) is 5.26 Å². The van der Waals surface area contributed by atoms with Crippen LogP contribution >= 0.6 is 11.3 Å². The molecule has 0 aromatic carbocycles. The lowest BCUT2D eigenvalue weighted by atomic mass is 10.2. The first-order valence-corrected chi connectivity index (χ1v) is 7.99. The normalized spacial score (nSPS) is 25.1. The van der Waals surface area contributed by atoms with Gasteiger partial charge in [0.1, 0.15) is 15.2 Å². The maximum atomic E-state index is 12.5. The minimum atomic E-state index is -3.63. The molecule has 0 amide bonds. The molecule has 6 nitrogen and oxygen atoms in total. The zero-order valence-corrected chi connectivity index (χ0v) is 11.9. The van der Waals surface area contributed by atoms with Gasteiger partial charge in [-0.1, -0.05) is 0 Å². The highest BCUT2D eigenvalue weighted by Gasteiger charge is 2.36. The second-order valence-electron chi connectivity index (χ2n) is 4.29. The maximum Gasteiger partial charge on any atom is 0.253 e. The van der Waals surface area contributed by atoms with Crippen LogP contribution in [-0.2, 0) is 14.8 Å². The lowest BCUT2D eigenvalue weighted by molar-refractivity contribution is -0.0515. The summed E-state index contributed by atoms with van der Waals surface area (Å²) in [5.41, 5.74) is 0. The van der Waals surface area contributed by atoms with Gasteiger partial charge in [-0.05, 0) is 19.1 Å². The topological polar surface area (TPSA) is 90.6 Å². The van der Waals surface area contributed by atoms with E-state index in [-0.39, 0.29) is 30.0 Å². The van der Waals surface area contributed by atoms with Crippen molar-refractivity contribution in [2.45, 2.75) is 23.3 Å². The molecule has 2 heterocycles. The number of sulfonamides is 1. The van der Waals surface area contributed by atoms with Crippen molar-refractivity contribution in [3.63, 3.8) is 0 Å². The number of hydrogen-bond acceptors (Lipinski definition) is 6. The Bertz CT molecular complexity index is 590. The third-order valence-corrected chi connectivity index (χ3v) is 6.34. The molecule has 104 valence electrons. The van der Waals surface area contributed by atoms with Crippen LogP contribution in [0.5, 0.6) is 0 Å². The molecule has 2 unspecified atom stereocenters. The van der Waals surface area contributed by atoms with E-state index in [1.165, 1.54) is 16.4 Å². The molecule has 1 N–H and O–H groups in total. The number of nitriles is 1. The summed E-state index contributed by atoms with van der Waals surface area (Å²) in [6.07, 6.45) is -0.499. The summed E-state index contributed by atoms with van der Waals surface area (Å²) in [5.74, 6) is 0. The number of ether oxygens (including phenoxy) is 1. The van der Waals surface area contributed by atoms with Crippen molar-refractivity contribution >= 4 is 21.4 Å². The van der Waals surface area contributed by atoms with Crippen LogP contribution in [0, 0.1) is 11.3 Å². The zero-order valence-electron chi connectivity index (χ0n) is 10.3. The molecule has 1 saturated heterocycles. The van der Waals surface area contributed by atoms with Gasteiger partial charge in [0.05, 0.1) is 19.3 Å². The zero-order chi connectivity index (χ0) is 14.0. The Morgan fingerprint density at radius 1 is 1.63 bits per heavy atom. The van der Waals surface area contributed by atoms with Crippen molar-refractivity contribution in [3.05, 3.63) is 17.0 Å². The summed E-state index contributed by atoms with van der Waals surface area (Å²) < 4.78 is 31.7. The Morgan fingerprint density at radius 2 is 2.37 bits per heavy atom. The standard InChI is InChI=1S/C11H14N2O4S2/c1-8-7-17-9(6-14)5-13(8)19(15,16)11-3-2-10(4-12)18-11/h2-3,8-9,14H,5-7H2,1H3. The molecule has 8 heteroatoms. The van der Waals surface area contributed by atoms with E-state index in [1.54, 1.807) is 6.92 Å². The van der Waals surface area contributed by atoms with E-state index in [9.17, 15) is 8.42 Å². The minimum absolute atomic E-state index is 0.125. The summed E-state index contributed by atoms with van der Waals surface area (Å²) in [6.45, 7) is 1.91. The molecule has 0 bridgehead atoms. The van der Waals surface area contributed by atoms with E-state index in [0.717, 1.165) is 11.3 Å². The van der Waals surface area contributed by atoms with Gasteiger partial charge in [-0.3, -0.25) is 0 Å². The van der Waals surface area contributed by atoms with Crippen LogP contribution in [0.2, 0.25) is 0 Å². The van der Waals surface area contributed by atoms with Crippen LogP contribution in [0.1, 0.15) is 11.8 Å². The maximum absolute atomic E-state index is 12.5. The summed E-state index contributed by atoms with van der Waals surface area (Å²) in [5, 5.41) is 17.8. The number of thiophene rings is 1. The Morgan fingerprint density at radius 3 is 2.95 bits per heavy atom. The Hall–Kier alpha value is -0.980. The number of nitrogens with zero attached hydrogens (tertiary/aromatic N) is 2. The molecule has 2 rings (SSSR count). The first-order valence-electron chi connectivity index (χ1n) is 5.73. The van der Waals surface area contributed by atoms with E-state index in [0.29, 0.717) is 4.88 Å². The molecular weight excluding hydrogens is 288 g/mol. The average molecular weight is 302 g/mol. The number of aliphatic hydroxyl groups is 1. The van der Waals surface area contributed by atoms with Gasteiger partial charge in [-0.15, -0.1) is 11.3 Å². The van der Waals surface area contributed by atoms with Crippen LogP contribution in [0.3, 0.4) is 0 Å². The number of hydrogen-bond donors (Lipinski definition) is 1. The largest absolute Gasteiger partial charge is 0.394 e. The van der Waals surface area contributed by atoms with Crippen LogP contribution in [0.25, 0.3) is 0 Å². The predicted molar refractivity (Wildman–Crippen MR) is 69.2 cm³/mol. The first-order chi connectivity index (χ1) is 8.98. The summed E-state index contributed by atoms with van der Waals surface area (Å²) in [7, 11) is -3.63. The van der Waals surface area contributed by atoms with E-state index in [4.69, 9.17) is 15.1 Å². The molecule has 1 aromatic rings. The lowest BCUT2D eigenvalue weighted by Gasteiger charge is -2.35. The molecule has 1 aliphatic rings. The summed E-state index contributed by atoms with van der Waals surface area (Å²) in [6, 6.07) is 4.56. The second kappa shape index (κ2) is 5.56. The summed E-state index contributed by atoms with van der Waals surface area (Å²) >= 11 is 0.950. The lowest BCUT2D eigenvalue weighted by Crippen LogP contribution is -2.51. The van der Waals surface area contributed by atoms with Gasteiger partial charge in [-0.2, -0.15) is 9.57 Å². The molecule has 0 saturated carbocycles. The Kier molecular flexibility index (Phi) is 4.23. The van der Waals surface area contributed by atoms with Crippen molar-refractivity contribution in [3.8, 4) is 6.07 Å². The second-order valence-corrected chi connectivity index (χ2v) is 7.49. The van der Waals surface area contributed by atoms with Gasteiger partial charge in [0.2, 0.25) is 0 Å². The van der Waals surface area contributed by atoms with Crippen LogP contribution < -0.4 is 0 Å². The van der Waals surface area contributed by atoms with E-state index < -0.39 is 16.1 Å². The van der Waals surface area contributed by atoms with Crippen molar-refractivity contribution < 1.29 is 18.3 Å². The molecule has 1 aliphatic heterocycles. The molecule has 1 fully saturated rings. The molecule has 19 heavy (non-hydrogen) atoms. The van der Waals surface area contributed by atoms with E-state index in [1.807, 2.05) is 6.07 Å². The smallest absolute Gasteiger partial charge is 0.253 e.